The number of carbonyl (C=O) groups excluding carboxylic acids is 1. The smallest absolute Gasteiger partial charge is 0.298 e. The molecule has 0 spiro atoms. The minimum absolute atomic E-state index is 0.00593. The van der Waals surface area contributed by atoms with Crippen LogP contribution in [0.1, 0.15) is 15.9 Å². The fourth-order valence-electron chi connectivity index (χ4n) is 1.46. The highest BCUT2D eigenvalue weighted by Gasteiger charge is 2.33. The van der Waals surface area contributed by atoms with E-state index in [2.05, 4.69) is 4.98 Å². The van der Waals surface area contributed by atoms with Crippen LogP contribution >= 0.6 is 11.8 Å². The maximum absolute atomic E-state index is 12.9. The van der Waals surface area contributed by atoms with E-state index >= 15 is 0 Å². The molecule has 0 radical (unpaired) electrons. The number of alkyl halides is 3. The van der Waals surface area contributed by atoms with Crippen LogP contribution in [-0.4, -0.2) is 11.3 Å². The highest BCUT2D eigenvalue weighted by atomic mass is 32.2. The van der Waals surface area contributed by atoms with Crippen LogP contribution in [0, 0.1) is 0 Å². The normalized spacial score (nSPS) is 11.3. The van der Waals surface area contributed by atoms with E-state index in [0.29, 0.717) is 11.2 Å². The lowest BCUT2D eigenvalue weighted by Gasteiger charge is -2.12. The van der Waals surface area contributed by atoms with Crippen LogP contribution in [-0.2, 0) is 6.18 Å². The van der Waals surface area contributed by atoms with Crippen molar-refractivity contribution in [1.29, 1.82) is 0 Å². The van der Waals surface area contributed by atoms with E-state index in [1.165, 1.54) is 24.5 Å². The fraction of sp³-hybridized carbons (Fsp3) is 0.0769. The molecular formula is C13H8F3NOS. The lowest BCUT2D eigenvalue weighted by molar-refractivity contribution is -0.139. The van der Waals surface area contributed by atoms with Gasteiger partial charge in [-0.25, -0.2) is 0 Å². The average molecular weight is 283 g/mol. The van der Waals surface area contributed by atoms with E-state index in [9.17, 15) is 18.0 Å². The minimum Gasteiger partial charge on any atom is -0.298 e. The van der Waals surface area contributed by atoms with E-state index in [-0.39, 0.29) is 10.5 Å². The van der Waals surface area contributed by atoms with Gasteiger partial charge in [0.05, 0.1) is 5.56 Å². The molecule has 2 nitrogen and oxygen atoms in total. The Morgan fingerprint density at radius 3 is 2.37 bits per heavy atom. The van der Waals surface area contributed by atoms with Gasteiger partial charge in [0.2, 0.25) is 0 Å². The predicted octanol–water partition coefficient (Wildman–Crippen LogP) is 4.06. The SMILES string of the molecule is O=Cc1ccc(Sc2ccncc2)c(C(F)(F)F)c1. The number of nitrogens with zero attached hydrogens (tertiary/aromatic N) is 1. The number of pyridine rings is 1. The standard InChI is InChI=1S/C13H8F3NOS/c14-13(15,16)11-7-9(8-18)1-2-12(11)19-10-3-5-17-6-4-10/h1-8H. The Hall–Kier alpha value is -1.82. The van der Waals surface area contributed by atoms with Gasteiger partial charge in [0.25, 0.3) is 0 Å². The minimum atomic E-state index is -4.49. The van der Waals surface area contributed by atoms with Gasteiger partial charge in [0.1, 0.15) is 6.29 Å². The highest BCUT2D eigenvalue weighted by Crippen LogP contribution is 2.39. The summed E-state index contributed by atoms with van der Waals surface area (Å²) in [7, 11) is 0. The Morgan fingerprint density at radius 2 is 1.79 bits per heavy atom. The zero-order chi connectivity index (χ0) is 13.9. The molecule has 2 aromatic rings. The third kappa shape index (κ3) is 3.35. The molecule has 0 saturated heterocycles. The van der Waals surface area contributed by atoms with Crippen molar-refractivity contribution in [2.45, 2.75) is 16.0 Å². The summed E-state index contributed by atoms with van der Waals surface area (Å²) in [4.78, 5) is 15.1. The summed E-state index contributed by atoms with van der Waals surface area (Å²) < 4.78 is 38.8. The molecule has 1 aromatic carbocycles. The van der Waals surface area contributed by atoms with Gasteiger partial charge < -0.3 is 0 Å². The van der Waals surface area contributed by atoms with Gasteiger partial charge in [-0.2, -0.15) is 13.2 Å². The van der Waals surface area contributed by atoms with E-state index in [0.717, 1.165) is 17.8 Å². The van der Waals surface area contributed by atoms with Crippen molar-refractivity contribution >= 4 is 18.0 Å². The zero-order valence-electron chi connectivity index (χ0n) is 9.52. The molecule has 0 bridgehead atoms. The van der Waals surface area contributed by atoms with Crippen LogP contribution in [0.15, 0.2) is 52.5 Å². The quantitative estimate of drug-likeness (QED) is 0.795. The molecule has 0 aliphatic carbocycles. The number of aldehydes is 1. The summed E-state index contributed by atoms with van der Waals surface area (Å²) in [6.07, 6.45) is -1.07. The van der Waals surface area contributed by atoms with Crippen LogP contribution in [0.2, 0.25) is 0 Å². The number of aromatic nitrogens is 1. The van der Waals surface area contributed by atoms with Crippen molar-refractivity contribution in [1.82, 2.24) is 4.98 Å². The van der Waals surface area contributed by atoms with Crippen molar-refractivity contribution in [2.75, 3.05) is 0 Å². The number of benzene rings is 1. The summed E-state index contributed by atoms with van der Waals surface area (Å²) in [6.45, 7) is 0. The Balaban J connectivity index is 2.42. The third-order valence-corrected chi connectivity index (χ3v) is 3.41. The Bertz CT molecular complexity index is 584. The molecule has 0 N–H and O–H groups in total. The van der Waals surface area contributed by atoms with Crippen LogP contribution in [0.3, 0.4) is 0 Å². The summed E-state index contributed by atoms with van der Waals surface area (Å²) in [5.74, 6) is 0. The summed E-state index contributed by atoms with van der Waals surface area (Å²) in [5.41, 5.74) is -0.801. The number of halogens is 3. The molecule has 0 saturated carbocycles. The first-order chi connectivity index (χ1) is 9.00. The van der Waals surface area contributed by atoms with Gasteiger partial charge in [0, 0.05) is 27.7 Å². The molecule has 0 amide bonds. The van der Waals surface area contributed by atoms with Crippen molar-refractivity contribution < 1.29 is 18.0 Å². The summed E-state index contributed by atoms with van der Waals surface area (Å²) >= 11 is 0.984. The zero-order valence-corrected chi connectivity index (χ0v) is 10.3. The molecule has 1 heterocycles. The molecule has 1 aromatic heterocycles. The van der Waals surface area contributed by atoms with Crippen LogP contribution in [0.5, 0.6) is 0 Å². The van der Waals surface area contributed by atoms with E-state index in [1.807, 2.05) is 0 Å². The van der Waals surface area contributed by atoms with Gasteiger partial charge in [0.15, 0.2) is 0 Å². The maximum atomic E-state index is 12.9. The maximum Gasteiger partial charge on any atom is 0.417 e. The molecule has 98 valence electrons. The van der Waals surface area contributed by atoms with Crippen molar-refractivity contribution in [3.63, 3.8) is 0 Å². The van der Waals surface area contributed by atoms with Crippen molar-refractivity contribution in [2.24, 2.45) is 0 Å². The number of carbonyl (C=O) groups is 1. The van der Waals surface area contributed by atoms with Crippen LogP contribution in [0.4, 0.5) is 13.2 Å². The third-order valence-electron chi connectivity index (χ3n) is 2.32. The van der Waals surface area contributed by atoms with Gasteiger partial charge in [-0.1, -0.05) is 17.8 Å². The van der Waals surface area contributed by atoms with Gasteiger partial charge in [-0.05, 0) is 24.3 Å². The average Bonchev–Trinajstić information content (AvgIpc) is 2.39. The molecule has 6 heteroatoms. The summed E-state index contributed by atoms with van der Waals surface area (Å²) in [5, 5.41) is 0. The van der Waals surface area contributed by atoms with Gasteiger partial charge in [-0.15, -0.1) is 0 Å². The molecule has 0 aliphatic heterocycles. The molecular weight excluding hydrogens is 275 g/mol. The molecule has 19 heavy (non-hydrogen) atoms. The predicted molar refractivity (Wildman–Crippen MR) is 65.2 cm³/mol. The highest BCUT2D eigenvalue weighted by molar-refractivity contribution is 7.99. The second-order valence-electron chi connectivity index (χ2n) is 3.66. The summed E-state index contributed by atoms with van der Waals surface area (Å²) in [6, 6.07) is 6.77. The topological polar surface area (TPSA) is 30.0 Å². The fourth-order valence-corrected chi connectivity index (χ4v) is 2.40. The van der Waals surface area contributed by atoms with Gasteiger partial charge >= 0.3 is 6.18 Å². The number of hydrogen-bond acceptors (Lipinski definition) is 3. The van der Waals surface area contributed by atoms with E-state index in [4.69, 9.17) is 0 Å². The molecule has 0 atom stereocenters. The van der Waals surface area contributed by atoms with Gasteiger partial charge in [-0.3, -0.25) is 9.78 Å². The first kappa shape index (κ1) is 13.6. The first-order valence-electron chi connectivity index (χ1n) is 5.25. The second kappa shape index (κ2) is 5.44. The van der Waals surface area contributed by atoms with Crippen molar-refractivity contribution in [3.05, 3.63) is 53.9 Å². The first-order valence-corrected chi connectivity index (χ1v) is 6.06. The molecule has 2 rings (SSSR count). The Labute approximate surface area is 111 Å². The van der Waals surface area contributed by atoms with E-state index in [1.54, 1.807) is 12.1 Å². The van der Waals surface area contributed by atoms with Crippen LogP contribution in [0.25, 0.3) is 0 Å². The number of hydrogen-bond donors (Lipinski definition) is 0. The second-order valence-corrected chi connectivity index (χ2v) is 4.77. The van der Waals surface area contributed by atoms with Crippen molar-refractivity contribution in [3.8, 4) is 0 Å². The van der Waals surface area contributed by atoms with Crippen LogP contribution < -0.4 is 0 Å². The Kier molecular flexibility index (Phi) is 3.90. The number of rotatable bonds is 3. The lowest BCUT2D eigenvalue weighted by atomic mass is 10.1. The largest absolute Gasteiger partial charge is 0.417 e. The van der Waals surface area contributed by atoms with E-state index < -0.39 is 11.7 Å². The monoisotopic (exact) mass is 283 g/mol. The molecule has 0 fully saturated rings. The lowest BCUT2D eigenvalue weighted by Crippen LogP contribution is -2.07. The Morgan fingerprint density at radius 1 is 1.11 bits per heavy atom. The molecule has 0 unspecified atom stereocenters. The molecule has 0 aliphatic rings.